The summed E-state index contributed by atoms with van der Waals surface area (Å²) in [6.07, 6.45) is -1.42. The Hall–Kier alpha value is -1.24. The van der Waals surface area contributed by atoms with Gasteiger partial charge in [-0.25, -0.2) is 15.0 Å². The number of fused-ring (bicyclic) bond motifs is 1. The summed E-state index contributed by atoms with van der Waals surface area (Å²) in [5, 5.41) is 28.7. The SMILES string of the molecule is Nc1ncnc2c1ncn2C1OC(CO)C(O)C1O.O.[OH-].[OH-].[W+2]. The van der Waals surface area contributed by atoms with Gasteiger partial charge in [0.1, 0.15) is 30.2 Å². The molecule has 1 aliphatic rings. The first-order valence-electron chi connectivity index (χ1n) is 5.69. The average Bonchev–Trinajstić information content (AvgIpc) is 2.94. The normalized spacial score (nSPS) is 25.7. The number of aliphatic hydroxyl groups excluding tert-OH is 3. The minimum atomic E-state index is -1.19. The molecule has 3 rings (SSSR count). The number of aliphatic hydroxyl groups is 3. The van der Waals surface area contributed by atoms with E-state index in [1.54, 1.807) is 0 Å². The summed E-state index contributed by atoms with van der Waals surface area (Å²) in [6.45, 7) is -0.390. The van der Waals surface area contributed by atoms with Gasteiger partial charge >= 0.3 is 21.1 Å². The van der Waals surface area contributed by atoms with Gasteiger partial charge in [0.2, 0.25) is 0 Å². The fourth-order valence-corrected chi connectivity index (χ4v) is 2.17. The van der Waals surface area contributed by atoms with Gasteiger partial charge in [-0.05, 0) is 0 Å². The average molecular weight is 503 g/mol. The minimum absolute atomic E-state index is 0. The number of ether oxygens (including phenoxy) is 1. The summed E-state index contributed by atoms with van der Waals surface area (Å²) in [4.78, 5) is 11.9. The largest absolute Gasteiger partial charge is 2.00 e. The second-order valence-corrected chi connectivity index (χ2v) is 4.31. The first-order valence-corrected chi connectivity index (χ1v) is 5.69. The van der Waals surface area contributed by atoms with Crippen molar-refractivity contribution >= 4 is 17.0 Å². The molecule has 1 fully saturated rings. The van der Waals surface area contributed by atoms with Crippen LogP contribution in [0.4, 0.5) is 5.82 Å². The number of aromatic nitrogens is 4. The Morgan fingerprint density at radius 1 is 1.17 bits per heavy atom. The van der Waals surface area contributed by atoms with Crippen LogP contribution in [-0.2, 0) is 25.8 Å². The molecule has 1 saturated heterocycles. The third-order valence-corrected chi connectivity index (χ3v) is 3.18. The Morgan fingerprint density at radius 2 is 1.83 bits per heavy atom. The van der Waals surface area contributed by atoms with Crippen molar-refractivity contribution < 1.29 is 57.6 Å². The fraction of sp³-hybridized carbons (Fsp3) is 0.500. The van der Waals surface area contributed by atoms with Crippen LogP contribution in [0.1, 0.15) is 6.23 Å². The number of nitrogens with zero attached hydrogens (tertiary/aromatic N) is 4. The van der Waals surface area contributed by atoms with Gasteiger partial charge in [0, 0.05) is 0 Å². The van der Waals surface area contributed by atoms with Gasteiger partial charge in [0.25, 0.3) is 0 Å². The van der Waals surface area contributed by atoms with E-state index in [0.717, 1.165) is 0 Å². The van der Waals surface area contributed by atoms with E-state index in [-0.39, 0.29) is 43.3 Å². The molecule has 2 aromatic heterocycles. The number of anilines is 1. The van der Waals surface area contributed by atoms with E-state index in [0.29, 0.717) is 11.2 Å². The maximum atomic E-state index is 9.95. The monoisotopic (exact) mass is 503 g/mol. The summed E-state index contributed by atoms with van der Waals surface area (Å²) in [5.74, 6) is 0.218. The van der Waals surface area contributed by atoms with Crippen molar-refractivity contribution in [2.75, 3.05) is 12.3 Å². The van der Waals surface area contributed by atoms with E-state index in [2.05, 4.69) is 15.0 Å². The van der Waals surface area contributed by atoms with Crippen molar-refractivity contribution in [3.05, 3.63) is 12.7 Å². The predicted molar refractivity (Wildman–Crippen MR) is 70.2 cm³/mol. The van der Waals surface area contributed by atoms with Crippen LogP contribution < -0.4 is 5.73 Å². The molecule has 0 amide bonds. The molecule has 2 aromatic rings. The van der Waals surface area contributed by atoms with Crippen LogP contribution in [0.15, 0.2) is 12.7 Å². The molecule has 4 unspecified atom stereocenters. The maximum Gasteiger partial charge on any atom is 2.00 e. The second-order valence-electron chi connectivity index (χ2n) is 4.31. The third kappa shape index (κ3) is 3.81. The number of hydrogen-bond acceptors (Lipinski definition) is 10. The van der Waals surface area contributed by atoms with Gasteiger partial charge in [0.15, 0.2) is 17.7 Å². The van der Waals surface area contributed by atoms with E-state index in [9.17, 15) is 10.2 Å². The van der Waals surface area contributed by atoms with Crippen LogP contribution in [0.3, 0.4) is 0 Å². The van der Waals surface area contributed by atoms with Gasteiger partial charge in [-0.3, -0.25) is 4.57 Å². The van der Waals surface area contributed by atoms with E-state index < -0.39 is 31.1 Å². The van der Waals surface area contributed by atoms with E-state index in [1.807, 2.05) is 0 Å². The van der Waals surface area contributed by atoms with Crippen molar-refractivity contribution in [3.63, 3.8) is 0 Å². The van der Waals surface area contributed by atoms with Crippen LogP contribution in [-0.4, -0.2) is 76.2 Å². The van der Waals surface area contributed by atoms with Crippen LogP contribution in [0.2, 0.25) is 0 Å². The van der Waals surface area contributed by atoms with Crippen LogP contribution in [0.25, 0.3) is 11.2 Å². The van der Waals surface area contributed by atoms with Crippen LogP contribution in [0.5, 0.6) is 0 Å². The first kappa shape index (κ1) is 24.0. The molecule has 13 heteroatoms. The third-order valence-electron chi connectivity index (χ3n) is 3.18. The van der Waals surface area contributed by atoms with Gasteiger partial charge in [-0.2, -0.15) is 0 Å². The molecule has 3 heterocycles. The van der Waals surface area contributed by atoms with Gasteiger partial charge in [-0.15, -0.1) is 0 Å². The van der Waals surface area contributed by atoms with Crippen molar-refractivity contribution in [1.82, 2.24) is 19.5 Å². The van der Waals surface area contributed by atoms with Gasteiger partial charge < -0.3 is 42.2 Å². The summed E-state index contributed by atoms with van der Waals surface area (Å²) >= 11 is 0. The molecule has 0 aliphatic carbocycles. The molecule has 1 aliphatic heterocycles. The molecule has 12 nitrogen and oxygen atoms in total. The minimum Gasteiger partial charge on any atom is -0.870 e. The van der Waals surface area contributed by atoms with Gasteiger partial charge in [0.05, 0.1) is 12.9 Å². The van der Waals surface area contributed by atoms with Crippen molar-refractivity contribution in [2.24, 2.45) is 0 Å². The number of imidazole rings is 1. The van der Waals surface area contributed by atoms with E-state index in [4.69, 9.17) is 15.6 Å². The number of nitrogens with two attached hydrogens (primary N) is 1. The van der Waals surface area contributed by atoms with Crippen LogP contribution in [0, 0.1) is 0 Å². The Labute approximate surface area is 144 Å². The number of rotatable bonds is 2. The summed E-state index contributed by atoms with van der Waals surface area (Å²) < 4.78 is 6.85. The van der Waals surface area contributed by atoms with Gasteiger partial charge in [-0.1, -0.05) is 0 Å². The zero-order valence-electron chi connectivity index (χ0n) is 11.6. The standard InChI is InChI=1S/C10H13N5O4.3H2O.W/c11-8-5-9(13-2-12-8)15(3-14-5)10-7(18)6(17)4(1-16)19-10;;;;/h2-4,6-7,10,16-18H,1H2,(H2,11,12,13);3*1H2;/q;;;;+2/p-2. The fourth-order valence-electron chi connectivity index (χ4n) is 2.17. The van der Waals surface area contributed by atoms with E-state index in [1.165, 1.54) is 17.2 Å². The topological polar surface area (TPSA) is 231 Å². The molecule has 0 radical (unpaired) electrons. The Morgan fingerprint density at radius 3 is 2.39 bits per heavy atom. The predicted octanol–water partition coefficient (Wildman–Crippen LogP) is -3.16. The second kappa shape index (κ2) is 9.15. The molecule has 9 N–H and O–H groups in total. The molecule has 130 valence electrons. The quantitative estimate of drug-likeness (QED) is 0.321. The maximum absolute atomic E-state index is 9.95. The summed E-state index contributed by atoms with van der Waals surface area (Å²) in [7, 11) is 0. The molecular formula is C10H17N5O7W. The van der Waals surface area contributed by atoms with Crippen molar-refractivity contribution in [2.45, 2.75) is 24.5 Å². The van der Waals surface area contributed by atoms with Crippen molar-refractivity contribution in [3.8, 4) is 0 Å². The molecule has 0 bridgehead atoms. The zero-order valence-corrected chi connectivity index (χ0v) is 14.5. The molecule has 0 aromatic carbocycles. The number of hydrogen-bond donors (Lipinski definition) is 4. The zero-order chi connectivity index (χ0) is 13.6. The molecule has 0 saturated carbocycles. The first-order chi connectivity index (χ1) is 9.13. The smallest absolute Gasteiger partial charge is 0.870 e. The number of nitrogen functional groups attached to an aromatic ring is 1. The Kier molecular flexibility index (Phi) is 9.56. The summed E-state index contributed by atoms with van der Waals surface area (Å²) in [5.41, 5.74) is 6.44. The Bertz CT molecular complexity index is 614. The Balaban J connectivity index is 0. The molecular weight excluding hydrogens is 486 g/mol. The summed E-state index contributed by atoms with van der Waals surface area (Å²) in [6, 6.07) is 0. The van der Waals surface area contributed by atoms with E-state index >= 15 is 0 Å². The van der Waals surface area contributed by atoms with Crippen LogP contribution >= 0.6 is 0 Å². The van der Waals surface area contributed by atoms with Crippen molar-refractivity contribution in [1.29, 1.82) is 0 Å². The molecule has 4 atom stereocenters. The molecule has 23 heavy (non-hydrogen) atoms. The molecule has 0 spiro atoms.